The van der Waals surface area contributed by atoms with Crippen LogP contribution in [-0.4, -0.2) is 6.04 Å². The lowest BCUT2D eigenvalue weighted by Crippen LogP contribution is -2.15. The maximum atomic E-state index is 6.14. The van der Waals surface area contributed by atoms with E-state index in [2.05, 4.69) is 48.6 Å². The van der Waals surface area contributed by atoms with Gasteiger partial charge in [-0.3, -0.25) is 0 Å². The molecule has 0 amide bonds. The number of rotatable bonds is 5. The summed E-state index contributed by atoms with van der Waals surface area (Å²) < 4.78 is 0. The Balaban J connectivity index is 1.79. The molecule has 3 heteroatoms. The van der Waals surface area contributed by atoms with E-state index in [9.17, 15) is 0 Å². The van der Waals surface area contributed by atoms with E-state index < -0.39 is 0 Å². The number of hydrogen-bond acceptors (Lipinski definition) is 2. The Hall–Kier alpha value is -0.960. The fourth-order valence-corrected chi connectivity index (χ4v) is 3.37. The molecule has 1 saturated carbocycles. The number of halogens is 1. The van der Waals surface area contributed by atoms with E-state index in [1.54, 1.807) is 0 Å². The van der Waals surface area contributed by atoms with Crippen molar-refractivity contribution in [3.8, 4) is 0 Å². The zero-order chi connectivity index (χ0) is 13.9. The van der Waals surface area contributed by atoms with Gasteiger partial charge in [-0.1, -0.05) is 41.1 Å². The first-order valence-electron chi connectivity index (χ1n) is 6.97. The lowest BCUT2D eigenvalue weighted by atomic mass is 10.2. The van der Waals surface area contributed by atoms with Gasteiger partial charge in [-0.15, -0.1) is 0 Å². The topological polar surface area (TPSA) is 12.0 Å². The molecule has 0 radical (unpaired) electrons. The molecule has 0 atom stereocenters. The van der Waals surface area contributed by atoms with Gasteiger partial charge in [-0.25, -0.2) is 0 Å². The number of hydrogen-bond donors (Lipinski definition) is 1. The van der Waals surface area contributed by atoms with Crippen LogP contribution in [0.1, 0.15) is 24.0 Å². The molecule has 2 aromatic rings. The summed E-state index contributed by atoms with van der Waals surface area (Å²) in [5, 5.41) is 4.38. The summed E-state index contributed by atoms with van der Waals surface area (Å²) in [5.41, 5.74) is 2.58. The van der Waals surface area contributed by atoms with Crippen LogP contribution in [-0.2, 0) is 6.54 Å². The van der Waals surface area contributed by atoms with E-state index in [-0.39, 0.29) is 0 Å². The van der Waals surface area contributed by atoms with E-state index in [4.69, 9.17) is 11.6 Å². The molecule has 2 aromatic carbocycles. The van der Waals surface area contributed by atoms with Gasteiger partial charge < -0.3 is 5.32 Å². The Morgan fingerprint density at radius 3 is 2.80 bits per heavy atom. The van der Waals surface area contributed by atoms with Crippen molar-refractivity contribution in [3.63, 3.8) is 0 Å². The largest absolute Gasteiger partial charge is 0.310 e. The predicted octanol–water partition coefficient (Wildman–Crippen LogP) is 5.05. The van der Waals surface area contributed by atoms with Crippen molar-refractivity contribution in [2.45, 2.75) is 42.1 Å². The monoisotopic (exact) mass is 303 g/mol. The maximum absolute atomic E-state index is 6.14. The number of nitrogens with one attached hydrogen (secondary N) is 1. The van der Waals surface area contributed by atoms with Gasteiger partial charge in [0.25, 0.3) is 0 Å². The molecule has 3 rings (SSSR count). The van der Waals surface area contributed by atoms with Crippen LogP contribution in [0, 0.1) is 6.92 Å². The lowest BCUT2D eigenvalue weighted by Gasteiger charge is -2.11. The van der Waals surface area contributed by atoms with E-state index in [1.807, 2.05) is 17.8 Å². The minimum atomic E-state index is 0.714. The molecule has 1 nitrogen and oxygen atoms in total. The summed E-state index contributed by atoms with van der Waals surface area (Å²) >= 11 is 7.95. The van der Waals surface area contributed by atoms with Crippen LogP contribution in [0.2, 0.25) is 5.02 Å². The third kappa shape index (κ3) is 3.78. The minimum absolute atomic E-state index is 0.714. The Kier molecular flexibility index (Phi) is 4.35. The zero-order valence-electron chi connectivity index (χ0n) is 11.5. The van der Waals surface area contributed by atoms with Crippen LogP contribution < -0.4 is 5.32 Å². The van der Waals surface area contributed by atoms with E-state index >= 15 is 0 Å². The molecule has 0 saturated heterocycles. The normalized spacial score (nSPS) is 14.5. The van der Waals surface area contributed by atoms with Crippen molar-refractivity contribution in [2.24, 2.45) is 0 Å². The van der Waals surface area contributed by atoms with Crippen molar-refractivity contribution in [2.75, 3.05) is 0 Å². The molecule has 1 N–H and O–H groups in total. The van der Waals surface area contributed by atoms with Gasteiger partial charge >= 0.3 is 0 Å². The first-order chi connectivity index (χ1) is 9.70. The van der Waals surface area contributed by atoms with Gasteiger partial charge in [0.2, 0.25) is 0 Å². The quantitative estimate of drug-likeness (QED) is 0.829. The second-order valence-electron chi connectivity index (χ2n) is 5.33. The van der Waals surface area contributed by atoms with Crippen LogP contribution in [0.3, 0.4) is 0 Å². The van der Waals surface area contributed by atoms with Crippen molar-refractivity contribution < 1.29 is 0 Å². The molecule has 0 unspecified atom stereocenters. The maximum Gasteiger partial charge on any atom is 0.0410 e. The van der Waals surface area contributed by atoms with Crippen LogP contribution >= 0.6 is 23.4 Å². The summed E-state index contributed by atoms with van der Waals surface area (Å²) in [5.74, 6) is 0. The predicted molar refractivity (Wildman–Crippen MR) is 86.6 cm³/mol. The standard InChI is InChI=1S/C17H18ClNS/c1-12-3-2-4-16(9-12)20-17-8-5-14(18)10-13(17)11-19-15-6-7-15/h2-5,8-10,15,19H,6-7,11H2,1H3. The summed E-state index contributed by atoms with van der Waals surface area (Å²) in [4.78, 5) is 2.56. The molecule has 1 aliphatic carbocycles. The van der Waals surface area contributed by atoms with E-state index in [1.165, 1.54) is 33.8 Å². The number of benzene rings is 2. The molecule has 104 valence electrons. The highest BCUT2D eigenvalue weighted by atomic mass is 35.5. The summed E-state index contributed by atoms with van der Waals surface area (Å²) in [6.45, 7) is 3.03. The zero-order valence-corrected chi connectivity index (χ0v) is 13.1. The summed E-state index contributed by atoms with van der Waals surface area (Å²) in [6.07, 6.45) is 2.61. The fourth-order valence-electron chi connectivity index (χ4n) is 2.13. The fraction of sp³-hybridized carbons (Fsp3) is 0.294. The SMILES string of the molecule is Cc1cccc(Sc2ccc(Cl)cc2CNC2CC2)c1. The third-order valence-electron chi connectivity index (χ3n) is 3.40. The molecule has 1 fully saturated rings. The number of aryl methyl sites for hydroxylation is 1. The van der Waals surface area contributed by atoms with Crippen LogP contribution in [0.4, 0.5) is 0 Å². The molecule has 0 aliphatic heterocycles. The second-order valence-corrected chi connectivity index (χ2v) is 6.88. The first kappa shape index (κ1) is 14.0. The van der Waals surface area contributed by atoms with Crippen molar-refractivity contribution >= 4 is 23.4 Å². The van der Waals surface area contributed by atoms with Crippen molar-refractivity contribution in [1.82, 2.24) is 5.32 Å². The average Bonchev–Trinajstić information content (AvgIpc) is 3.23. The summed E-state index contributed by atoms with van der Waals surface area (Å²) in [6, 6.07) is 15.5. The molecule has 0 heterocycles. The van der Waals surface area contributed by atoms with Gasteiger partial charge in [0.05, 0.1) is 0 Å². The molecular weight excluding hydrogens is 286 g/mol. The van der Waals surface area contributed by atoms with Crippen molar-refractivity contribution in [1.29, 1.82) is 0 Å². The van der Waals surface area contributed by atoms with Crippen LogP contribution in [0.5, 0.6) is 0 Å². The molecular formula is C17H18ClNS. The highest BCUT2D eigenvalue weighted by molar-refractivity contribution is 7.99. The molecule has 0 spiro atoms. The van der Waals surface area contributed by atoms with Gasteiger partial charge in [0, 0.05) is 27.4 Å². The minimum Gasteiger partial charge on any atom is -0.310 e. The third-order valence-corrected chi connectivity index (χ3v) is 4.74. The molecule has 0 aromatic heterocycles. The highest BCUT2D eigenvalue weighted by Gasteiger charge is 2.20. The Morgan fingerprint density at radius 1 is 1.20 bits per heavy atom. The van der Waals surface area contributed by atoms with E-state index in [0.29, 0.717) is 6.04 Å². The van der Waals surface area contributed by atoms with Crippen LogP contribution in [0.25, 0.3) is 0 Å². The Bertz CT molecular complexity index is 608. The highest BCUT2D eigenvalue weighted by Crippen LogP contribution is 2.33. The Morgan fingerprint density at radius 2 is 2.05 bits per heavy atom. The van der Waals surface area contributed by atoms with Gasteiger partial charge in [0.1, 0.15) is 0 Å². The Labute approximate surface area is 129 Å². The van der Waals surface area contributed by atoms with E-state index in [0.717, 1.165) is 11.6 Å². The molecule has 1 aliphatic rings. The molecule has 0 bridgehead atoms. The van der Waals surface area contributed by atoms with Gasteiger partial charge in [0.15, 0.2) is 0 Å². The van der Waals surface area contributed by atoms with Crippen LogP contribution in [0.15, 0.2) is 52.3 Å². The van der Waals surface area contributed by atoms with Gasteiger partial charge in [-0.2, -0.15) is 0 Å². The summed E-state index contributed by atoms with van der Waals surface area (Å²) in [7, 11) is 0. The first-order valence-corrected chi connectivity index (χ1v) is 8.16. The lowest BCUT2D eigenvalue weighted by molar-refractivity contribution is 0.680. The smallest absolute Gasteiger partial charge is 0.0410 e. The average molecular weight is 304 g/mol. The second kappa shape index (κ2) is 6.21. The van der Waals surface area contributed by atoms with Crippen molar-refractivity contribution in [3.05, 3.63) is 58.6 Å². The van der Waals surface area contributed by atoms with Gasteiger partial charge in [-0.05, 0) is 55.7 Å². The molecule has 20 heavy (non-hydrogen) atoms.